The van der Waals surface area contributed by atoms with Crippen molar-refractivity contribution < 1.29 is 18.7 Å². The summed E-state index contributed by atoms with van der Waals surface area (Å²) in [5.41, 5.74) is 0.595. The van der Waals surface area contributed by atoms with Crippen LogP contribution < -0.4 is 0 Å². The van der Waals surface area contributed by atoms with Crippen molar-refractivity contribution in [1.82, 2.24) is 25.1 Å². The monoisotopic (exact) mass is 445 g/mol. The lowest BCUT2D eigenvalue weighted by Crippen LogP contribution is -2.36. The van der Waals surface area contributed by atoms with E-state index < -0.39 is 18.5 Å². The molecule has 0 unspecified atom stereocenters. The number of hydrogen-bond acceptors (Lipinski definition) is 9. The number of ether oxygens (including phenoxy) is 1. The van der Waals surface area contributed by atoms with Crippen molar-refractivity contribution in [2.24, 2.45) is 0 Å². The van der Waals surface area contributed by atoms with Crippen molar-refractivity contribution in [3.05, 3.63) is 54.5 Å². The normalized spacial score (nSPS) is 10.8. The molecule has 0 saturated heterocycles. The molecule has 0 N–H and O–H groups in total. The molecule has 0 atom stereocenters. The molecule has 0 bridgehead atoms. The summed E-state index contributed by atoms with van der Waals surface area (Å²) in [7, 11) is 0. The molecule has 0 aliphatic carbocycles. The first-order chi connectivity index (χ1) is 16.1. The van der Waals surface area contributed by atoms with Crippen LogP contribution in [0.1, 0.15) is 18.6 Å². The van der Waals surface area contributed by atoms with E-state index in [0.717, 1.165) is 0 Å². The molecule has 166 valence electrons. The molecule has 1 amide bonds. The topological polar surface area (TPSA) is 151 Å². The summed E-state index contributed by atoms with van der Waals surface area (Å²) in [5, 5.41) is 29.2. The second-order valence-electron chi connectivity index (χ2n) is 6.60. The van der Waals surface area contributed by atoms with E-state index in [-0.39, 0.29) is 31.6 Å². The van der Waals surface area contributed by atoms with Gasteiger partial charge in [0.2, 0.25) is 0 Å². The Hall–Kier alpha value is -4.77. The van der Waals surface area contributed by atoms with Gasteiger partial charge in [0.1, 0.15) is 5.76 Å². The van der Waals surface area contributed by atoms with Gasteiger partial charge < -0.3 is 14.1 Å². The number of tetrazole rings is 1. The van der Waals surface area contributed by atoms with Gasteiger partial charge in [0.05, 0.1) is 31.2 Å². The van der Waals surface area contributed by atoms with Gasteiger partial charge in [0, 0.05) is 24.7 Å². The number of esters is 1. The van der Waals surface area contributed by atoms with Gasteiger partial charge in [-0.05, 0) is 22.6 Å². The number of nitriles is 2. The fourth-order valence-corrected chi connectivity index (χ4v) is 2.85. The molecule has 33 heavy (non-hydrogen) atoms. The molecule has 1 aromatic carbocycles. The predicted molar refractivity (Wildman–Crippen MR) is 114 cm³/mol. The van der Waals surface area contributed by atoms with Crippen LogP contribution in [0.4, 0.5) is 0 Å². The summed E-state index contributed by atoms with van der Waals surface area (Å²) in [6.07, 6.45) is 3.04. The van der Waals surface area contributed by atoms with E-state index in [4.69, 9.17) is 19.7 Å². The Bertz CT molecular complexity index is 1170. The fraction of sp³-hybridized carbons (Fsp3) is 0.227. The molecule has 2 heterocycles. The Balaban J connectivity index is 1.83. The van der Waals surface area contributed by atoms with Gasteiger partial charge in [0.15, 0.2) is 18.1 Å². The van der Waals surface area contributed by atoms with Gasteiger partial charge in [-0.1, -0.05) is 30.3 Å². The first kappa shape index (κ1) is 22.9. The average molecular weight is 445 g/mol. The molecule has 0 fully saturated rings. The smallest absolute Gasteiger partial charge is 0.357 e. The molecule has 0 aliphatic heterocycles. The Morgan fingerprint density at radius 3 is 2.45 bits per heavy atom. The number of benzene rings is 1. The second kappa shape index (κ2) is 11.6. The number of carbonyl (C=O) groups is 2. The van der Waals surface area contributed by atoms with Crippen LogP contribution in [-0.4, -0.2) is 56.7 Å². The van der Waals surface area contributed by atoms with Gasteiger partial charge >= 0.3 is 5.97 Å². The van der Waals surface area contributed by atoms with Gasteiger partial charge in [-0.15, -0.1) is 5.10 Å². The van der Waals surface area contributed by atoms with Crippen LogP contribution in [0.2, 0.25) is 0 Å². The maximum Gasteiger partial charge on any atom is 0.357 e. The molecule has 0 aliphatic rings. The third-order valence-electron chi connectivity index (χ3n) is 4.43. The summed E-state index contributed by atoms with van der Waals surface area (Å²) in [6, 6.07) is 16.2. The third kappa shape index (κ3) is 6.12. The zero-order valence-corrected chi connectivity index (χ0v) is 17.5. The minimum absolute atomic E-state index is 0.0674. The lowest BCUT2D eigenvalue weighted by Gasteiger charge is -2.20. The zero-order valence-electron chi connectivity index (χ0n) is 17.5. The zero-order chi connectivity index (χ0) is 23.5. The van der Waals surface area contributed by atoms with E-state index in [9.17, 15) is 9.59 Å². The van der Waals surface area contributed by atoms with Crippen LogP contribution in [0.5, 0.6) is 0 Å². The molecule has 11 nitrogen and oxygen atoms in total. The van der Waals surface area contributed by atoms with Gasteiger partial charge in [-0.2, -0.15) is 15.2 Å². The Morgan fingerprint density at radius 1 is 1.09 bits per heavy atom. The molecule has 0 spiro atoms. The largest absolute Gasteiger partial charge is 0.465 e. The van der Waals surface area contributed by atoms with E-state index in [1.165, 1.54) is 21.9 Å². The Kier molecular flexibility index (Phi) is 8.03. The minimum atomic E-state index is -0.857. The fourth-order valence-electron chi connectivity index (χ4n) is 2.85. The molecular formula is C22H19N7O4. The predicted octanol–water partition coefficient (Wildman–Crippen LogP) is 2.13. The van der Waals surface area contributed by atoms with Gasteiger partial charge in [-0.3, -0.25) is 4.79 Å². The van der Waals surface area contributed by atoms with E-state index in [1.807, 2.05) is 18.2 Å². The SMILES string of the molecule is N#CCCN(CCC#N)C(=O)COC(=O)/C(=C/c1ccco1)n1nnnc1-c1ccccc1. The Labute approximate surface area is 189 Å². The lowest BCUT2D eigenvalue weighted by molar-refractivity contribution is -0.147. The highest BCUT2D eigenvalue weighted by molar-refractivity contribution is 6.15. The highest BCUT2D eigenvalue weighted by Crippen LogP contribution is 2.21. The van der Waals surface area contributed by atoms with Crippen molar-refractivity contribution in [2.45, 2.75) is 12.8 Å². The maximum atomic E-state index is 13.0. The third-order valence-corrected chi connectivity index (χ3v) is 4.43. The molecular weight excluding hydrogens is 426 g/mol. The van der Waals surface area contributed by atoms with Crippen LogP contribution >= 0.6 is 0 Å². The molecule has 11 heteroatoms. The molecule has 2 aromatic heterocycles. The first-order valence-electron chi connectivity index (χ1n) is 9.92. The lowest BCUT2D eigenvalue weighted by atomic mass is 10.2. The number of rotatable bonds is 10. The quantitative estimate of drug-likeness (QED) is 0.337. The average Bonchev–Trinajstić information content (AvgIpc) is 3.53. The number of carbonyl (C=O) groups excluding carboxylic acids is 2. The van der Waals surface area contributed by atoms with Crippen LogP contribution in [-0.2, 0) is 14.3 Å². The number of furan rings is 1. The van der Waals surface area contributed by atoms with E-state index in [1.54, 1.807) is 36.4 Å². The number of nitrogens with zero attached hydrogens (tertiary/aromatic N) is 7. The molecule has 0 saturated carbocycles. The summed E-state index contributed by atoms with van der Waals surface area (Å²) < 4.78 is 11.8. The molecule has 0 radical (unpaired) electrons. The van der Waals surface area contributed by atoms with E-state index >= 15 is 0 Å². The van der Waals surface area contributed by atoms with Crippen molar-refractivity contribution in [2.75, 3.05) is 19.7 Å². The molecule has 3 aromatic rings. The number of aromatic nitrogens is 4. The molecule has 3 rings (SSSR count). The highest BCUT2D eigenvalue weighted by Gasteiger charge is 2.23. The Morgan fingerprint density at radius 2 is 1.82 bits per heavy atom. The van der Waals surface area contributed by atoms with E-state index in [2.05, 4.69) is 15.5 Å². The summed E-state index contributed by atoms with van der Waals surface area (Å²) in [5.74, 6) is -0.732. The van der Waals surface area contributed by atoms with Crippen LogP contribution in [0, 0.1) is 22.7 Å². The van der Waals surface area contributed by atoms with Crippen molar-refractivity contribution in [3.63, 3.8) is 0 Å². The standard InChI is InChI=1S/C22H19N7O4/c23-10-5-12-28(13-6-11-24)20(30)16-33-22(31)19(15-18-9-4-14-32-18)29-21(25-26-27-29)17-7-2-1-3-8-17/h1-4,7-9,14-15H,5-6,12-13,16H2/b19-15-. The van der Waals surface area contributed by atoms with Crippen molar-refractivity contribution in [3.8, 4) is 23.5 Å². The van der Waals surface area contributed by atoms with Crippen LogP contribution in [0.15, 0.2) is 53.1 Å². The summed E-state index contributed by atoms with van der Waals surface area (Å²) in [6.45, 7) is -0.308. The summed E-state index contributed by atoms with van der Waals surface area (Å²) >= 11 is 0. The van der Waals surface area contributed by atoms with Crippen molar-refractivity contribution >= 4 is 23.6 Å². The highest BCUT2D eigenvalue weighted by atomic mass is 16.5. The van der Waals surface area contributed by atoms with Crippen molar-refractivity contribution in [1.29, 1.82) is 10.5 Å². The van der Waals surface area contributed by atoms with Crippen LogP contribution in [0.25, 0.3) is 23.2 Å². The number of amides is 1. The number of hydrogen-bond donors (Lipinski definition) is 0. The van der Waals surface area contributed by atoms with Crippen LogP contribution in [0.3, 0.4) is 0 Å². The maximum absolute atomic E-state index is 13.0. The van der Waals surface area contributed by atoms with Gasteiger partial charge in [-0.25, -0.2) is 4.79 Å². The second-order valence-corrected chi connectivity index (χ2v) is 6.60. The van der Waals surface area contributed by atoms with Gasteiger partial charge in [0.25, 0.3) is 5.91 Å². The minimum Gasteiger partial charge on any atom is -0.465 e. The first-order valence-corrected chi connectivity index (χ1v) is 9.92. The van der Waals surface area contributed by atoms with E-state index in [0.29, 0.717) is 17.1 Å². The summed E-state index contributed by atoms with van der Waals surface area (Å²) in [4.78, 5) is 26.8.